The highest BCUT2D eigenvalue weighted by Crippen LogP contribution is 2.24. The Morgan fingerprint density at radius 1 is 1.27 bits per heavy atom. The second-order valence-electron chi connectivity index (χ2n) is 4.10. The van der Waals surface area contributed by atoms with Gasteiger partial charge in [0.15, 0.2) is 0 Å². The van der Waals surface area contributed by atoms with Gasteiger partial charge in [-0.3, -0.25) is 4.98 Å². The summed E-state index contributed by atoms with van der Waals surface area (Å²) in [5.41, 5.74) is 2.20. The second-order valence-corrected chi connectivity index (χ2v) is 4.10. The van der Waals surface area contributed by atoms with Crippen molar-refractivity contribution in [1.82, 2.24) is 4.98 Å². The Kier molecular flexibility index (Phi) is 2.69. The summed E-state index contributed by atoms with van der Waals surface area (Å²) in [4.78, 5) is 4.23. The van der Waals surface area contributed by atoms with E-state index >= 15 is 0 Å². The maximum absolute atomic E-state index is 9.06. The van der Waals surface area contributed by atoms with E-state index in [1.165, 1.54) is 10.9 Å². The van der Waals surface area contributed by atoms with Crippen molar-refractivity contribution in [3.8, 4) is 0 Å². The highest BCUT2D eigenvalue weighted by molar-refractivity contribution is 5.85. The molecule has 0 radical (unpaired) electrons. The zero-order chi connectivity index (χ0) is 10.8. The van der Waals surface area contributed by atoms with Gasteiger partial charge < -0.3 is 5.11 Å². The summed E-state index contributed by atoms with van der Waals surface area (Å²) < 4.78 is 0. The van der Waals surface area contributed by atoms with E-state index in [9.17, 15) is 0 Å². The Labute approximate surface area is 89.6 Å². The van der Waals surface area contributed by atoms with Crippen molar-refractivity contribution in [1.29, 1.82) is 0 Å². The van der Waals surface area contributed by atoms with Gasteiger partial charge in [-0.1, -0.05) is 26.0 Å². The molecule has 0 bridgehead atoms. The molecule has 0 saturated heterocycles. The molecule has 0 saturated carbocycles. The molecule has 2 rings (SSSR count). The number of hydrogen-bond acceptors (Lipinski definition) is 2. The van der Waals surface area contributed by atoms with Gasteiger partial charge in [-0.15, -0.1) is 0 Å². The van der Waals surface area contributed by atoms with Crippen molar-refractivity contribution < 1.29 is 5.11 Å². The van der Waals surface area contributed by atoms with Gasteiger partial charge in [-0.05, 0) is 28.5 Å². The molecule has 1 aromatic heterocycles. The third kappa shape index (κ3) is 1.85. The highest BCUT2D eigenvalue weighted by atomic mass is 16.3. The van der Waals surface area contributed by atoms with Crippen LogP contribution < -0.4 is 0 Å². The number of pyridine rings is 1. The number of fused-ring (bicyclic) bond motifs is 1. The van der Waals surface area contributed by atoms with E-state index in [4.69, 9.17) is 5.11 Å². The molecule has 78 valence electrons. The van der Waals surface area contributed by atoms with Crippen molar-refractivity contribution in [2.45, 2.75) is 26.4 Å². The van der Waals surface area contributed by atoms with E-state index in [2.05, 4.69) is 24.9 Å². The molecule has 0 atom stereocenters. The first kappa shape index (κ1) is 10.1. The van der Waals surface area contributed by atoms with Gasteiger partial charge in [-0.2, -0.15) is 0 Å². The average Bonchev–Trinajstić information content (AvgIpc) is 2.27. The van der Waals surface area contributed by atoms with Crippen LogP contribution in [-0.2, 0) is 6.61 Å². The molecule has 0 fully saturated rings. The van der Waals surface area contributed by atoms with Crippen LogP contribution in [0.1, 0.15) is 30.9 Å². The Hall–Kier alpha value is -1.41. The summed E-state index contributed by atoms with van der Waals surface area (Å²) in [7, 11) is 0. The lowest BCUT2D eigenvalue weighted by molar-refractivity contribution is 0.282. The number of rotatable bonds is 2. The van der Waals surface area contributed by atoms with Crippen LogP contribution >= 0.6 is 0 Å². The standard InChI is InChI=1S/C13H15NO/c1-9(2)13-7-14-6-11-5-10(8-15)3-4-12(11)13/h3-7,9,15H,8H2,1-2H3. The molecule has 15 heavy (non-hydrogen) atoms. The van der Waals surface area contributed by atoms with Crippen LogP contribution in [0.4, 0.5) is 0 Å². The summed E-state index contributed by atoms with van der Waals surface area (Å²) in [6, 6.07) is 6.03. The van der Waals surface area contributed by atoms with E-state index in [0.717, 1.165) is 10.9 Å². The molecule has 0 spiro atoms. The second kappa shape index (κ2) is 3.99. The van der Waals surface area contributed by atoms with Crippen LogP contribution in [0.5, 0.6) is 0 Å². The van der Waals surface area contributed by atoms with Gasteiger partial charge in [0.1, 0.15) is 0 Å². The monoisotopic (exact) mass is 201 g/mol. The van der Waals surface area contributed by atoms with Gasteiger partial charge in [0.05, 0.1) is 6.61 Å². The van der Waals surface area contributed by atoms with Crippen molar-refractivity contribution in [3.63, 3.8) is 0 Å². The molecule has 0 amide bonds. The Morgan fingerprint density at radius 3 is 2.73 bits per heavy atom. The summed E-state index contributed by atoms with van der Waals surface area (Å²) in [5.74, 6) is 0.473. The van der Waals surface area contributed by atoms with Gasteiger partial charge in [0, 0.05) is 17.8 Å². The first-order chi connectivity index (χ1) is 7.22. The van der Waals surface area contributed by atoms with Crippen LogP contribution in [-0.4, -0.2) is 10.1 Å². The quantitative estimate of drug-likeness (QED) is 0.810. The number of aromatic nitrogens is 1. The van der Waals surface area contributed by atoms with Crippen molar-refractivity contribution in [2.75, 3.05) is 0 Å². The lowest BCUT2D eigenvalue weighted by Crippen LogP contribution is -1.92. The molecule has 1 aromatic carbocycles. The molecular formula is C13H15NO. The minimum atomic E-state index is 0.0852. The molecule has 1 N–H and O–H groups in total. The van der Waals surface area contributed by atoms with Crippen molar-refractivity contribution >= 4 is 10.8 Å². The van der Waals surface area contributed by atoms with Crippen LogP contribution in [0, 0.1) is 0 Å². The third-order valence-electron chi connectivity index (χ3n) is 2.66. The molecule has 2 heteroatoms. The maximum atomic E-state index is 9.06. The molecule has 1 heterocycles. The number of aliphatic hydroxyl groups excluding tert-OH is 1. The van der Waals surface area contributed by atoms with Gasteiger partial charge in [-0.25, -0.2) is 0 Å². The van der Waals surface area contributed by atoms with E-state index in [-0.39, 0.29) is 6.61 Å². The van der Waals surface area contributed by atoms with Crippen LogP contribution in [0.25, 0.3) is 10.8 Å². The predicted molar refractivity (Wildman–Crippen MR) is 61.8 cm³/mol. The van der Waals surface area contributed by atoms with E-state index in [1.807, 2.05) is 24.5 Å². The van der Waals surface area contributed by atoms with Gasteiger partial charge in [0.2, 0.25) is 0 Å². The highest BCUT2D eigenvalue weighted by Gasteiger charge is 2.05. The Bertz CT molecular complexity index is 477. The van der Waals surface area contributed by atoms with Gasteiger partial charge >= 0.3 is 0 Å². The largest absolute Gasteiger partial charge is 0.392 e. The summed E-state index contributed by atoms with van der Waals surface area (Å²) in [6.45, 7) is 4.41. The summed E-state index contributed by atoms with van der Waals surface area (Å²) >= 11 is 0. The number of hydrogen-bond donors (Lipinski definition) is 1. The topological polar surface area (TPSA) is 33.1 Å². The fourth-order valence-corrected chi connectivity index (χ4v) is 1.81. The minimum absolute atomic E-state index is 0.0852. The fourth-order valence-electron chi connectivity index (χ4n) is 1.81. The number of aliphatic hydroxyl groups is 1. The molecule has 2 nitrogen and oxygen atoms in total. The smallest absolute Gasteiger partial charge is 0.0682 e. The first-order valence-corrected chi connectivity index (χ1v) is 5.19. The minimum Gasteiger partial charge on any atom is -0.392 e. The van der Waals surface area contributed by atoms with Crippen LogP contribution in [0.3, 0.4) is 0 Å². The van der Waals surface area contributed by atoms with Crippen LogP contribution in [0.15, 0.2) is 30.6 Å². The summed E-state index contributed by atoms with van der Waals surface area (Å²) in [5, 5.41) is 11.4. The number of benzene rings is 1. The average molecular weight is 201 g/mol. The SMILES string of the molecule is CC(C)c1cncc2cc(CO)ccc12. The normalized spacial score (nSPS) is 11.2. The Balaban J connectivity index is 2.67. The van der Waals surface area contributed by atoms with E-state index in [0.29, 0.717) is 5.92 Å². The zero-order valence-corrected chi connectivity index (χ0v) is 9.07. The van der Waals surface area contributed by atoms with Crippen molar-refractivity contribution in [3.05, 3.63) is 41.7 Å². The zero-order valence-electron chi connectivity index (χ0n) is 9.07. The first-order valence-electron chi connectivity index (χ1n) is 5.19. The van der Waals surface area contributed by atoms with Gasteiger partial charge in [0.25, 0.3) is 0 Å². The van der Waals surface area contributed by atoms with Crippen LogP contribution in [0.2, 0.25) is 0 Å². The maximum Gasteiger partial charge on any atom is 0.0682 e. The summed E-state index contributed by atoms with van der Waals surface area (Å²) in [6.07, 6.45) is 3.77. The fraction of sp³-hybridized carbons (Fsp3) is 0.308. The van der Waals surface area contributed by atoms with E-state index < -0.39 is 0 Å². The molecular weight excluding hydrogens is 186 g/mol. The predicted octanol–water partition coefficient (Wildman–Crippen LogP) is 2.85. The lowest BCUT2D eigenvalue weighted by atomic mass is 9.98. The van der Waals surface area contributed by atoms with Crippen molar-refractivity contribution in [2.24, 2.45) is 0 Å². The molecule has 2 aromatic rings. The molecule has 0 aliphatic rings. The Morgan fingerprint density at radius 2 is 2.07 bits per heavy atom. The molecule has 0 aliphatic heterocycles. The lowest BCUT2D eigenvalue weighted by Gasteiger charge is -2.09. The number of nitrogens with zero attached hydrogens (tertiary/aromatic N) is 1. The third-order valence-corrected chi connectivity index (χ3v) is 2.66. The van der Waals surface area contributed by atoms with E-state index in [1.54, 1.807) is 0 Å². The molecule has 0 unspecified atom stereocenters. The molecule has 0 aliphatic carbocycles.